The Kier molecular flexibility index (Phi) is 7.25. The van der Waals surface area contributed by atoms with E-state index in [0.717, 1.165) is 12.0 Å². The van der Waals surface area contributed by atoms with Crippen LogP contribution in [-0.2, 0) is 20.9 Å². The Balaban J connectivity index is 1.60. The van der Waals surface area contributed by atoms with Gasteiger partial charge >= 0.3 is 6.09 Å². The van der Waals surface area contributed by atoms with E-state index in [0.29, 0.717) is 38.8 Å². The number of hydrogen-bond acceptors (Lipinski definition) is 4. The standard InChI is InChI=1S/C18H25N3O4/c19-17(23)15(21-12-6-10-16(21)22)9-4-5-11-20-18(24)25-13-14-7-2-1-3-8-14/h1-3,7-8,15H,4-6,9-13H2,(H2,19,23)(H,20,24)/t15-/m0/s1. The summed E-state index contributed by atoms with van der Waals surface area (Å²) in [5.41, 5.74) is 6.34. The van der Waals surface area contributed by atoms with Crippen LogP contribution in [0.5, 0.6) is 0 Å². The van der Waals surface area contributed by atoms with Crippen LogP contribution in [0, 0.1) is 0 Å². The van der Waals surface area contributed by atoms with Crippen molar-refractivity contribution in [2.45, 2.75) is 44.8 Å². The van der Waals surface area contributed by atoms with Crippen molar-refractivity contribution >= 4 is 17.9 Å². The molecule has 1 atom stereocenters. The van der Waals surface area contributed by atoms with Gasteiger partial charge in [-0.25, -0.2) is 4.79 Å². The molecule has 3 N–H and O–H groups in total. The van der Waals surface area contributed by atoms with Crippen LogP contribution in [0.15, 0.2) is 30.3 Å². The lowest BCUT2D eigenvalue weighted by Gasteiger charge is -2.25. The van der Waals surface area contributed by atoms with Crippen LogP contribution in [-0.4, -0.2) is 41.9 Å². The van der Waals surface area contributed by atoms with E-state index in [1.807, 2.05) is 30.3 Å². The summed E-state index contributed by atoms with van der Waals surface area (Å²) in [6, 6.07) is 8.90. The first-order chi connectivity index (χ1) is 12.1. The third-order valence-corrected chi connectivity index (χ3v) is 4.20. The zero-order valence-corrected chi connectivity index (χ0v) is 14.3. The minimum Gasteiger partial charge on any atom is -0.445 e. The molecule has 1 aromatic rings. The maximum Gasteiger partial charge on any atom is 0.407 e. The molecular weight excluding hydrogens is 322 g/mol. The molecule has 136 valence electrons. The number of carbonyl (C=O) groups is 3. The van der Waals surface area contributed by atoms with E-state index in [-0.39, 0.29) is 12.5 Å². The van der Waals surface area contributed by atoms with Crippen molar-refractivity contribution in [2.75, 3.05) is 13.1 Å². The summed E-state index contributed by atoms with van der Waals surface area (Å²) in [5.74, 6) is -0.475. The van der Waals surface area contributed by atoms with Crippen molar-refractivity contribution in [1.29, 1.82) is 0 Å². The molecule has 1 saturated heterocycles. The topological polar surface area (TPSA) is 102 Å². The molecule has 7 nitrogen and oxygen atoms in total. The first kappa shape index (κ1) is 18.8. The van der Waals surface area contributed by atoms with E-state index < -0.39 is 18.0 Å². The Morgan fingerprint density at radius 1 is 1.24 bits per heavy atom. The van der Waals surface area contributed by atoms with Gasteiger partial charge < -0.3 is 20.7 Å². The Bertz CT molecular complexity index is 591. The number of ether oxygens (including phenoxy) is 1. The third kappa shape index (κ3) is 6.10. The number of benzene rings is 1. The number of alkyl carbamates (subject to hydrolysis) is 1. The number of amides is 3. The van der Waals surface area contributed by atoms with Gasteiger partial charge in [0.1, 0.15) is 12.6 Å². The van der Waals surface area contributed by atoms with Gasteiger partial charge in [-0.2, -0.15) is 0 Å². The van der Waals surface area contributed by atoms with Crippen molar-refractivity contribution in [1.82, 2.24) is 10.2 Å². The van der Waals surface area contributed by atoms with E-state index in [1.54, 1.807) is 4.90 Å². The second kappa shape index (κ2) is 9.66. The molecule has 1 aliphatic heterocycles. The van der Waals surface area contributed by atoms with Gasteiger partial charge in [-0.05, 0) is 31.2 Å². The molecule has 0 spiro atoms. The van der Waals surface area contributed by atoms with Crippen molar-refractivity contribution in [3.8, 4) is 0 Å². The van der Waals surface area contributed by atoms with E-state index in [2.05, 4.69) is 5.32 Å². The third-order valence-electron chi connectivity index (χ3n) is 4.20. The quantitative estimate of drug-likeness (QED) is 0.662. The maximum atomic E-state index is 11.7. The lowest BCUT2D eigenvalue weighted by atomic mass is 10.1. The van der Waals surface area contributed by atoms with Crippen LogP contribution < -0.4 is 11.1 Å². The van der Waals surface area contributed by atoms with Gasteiger partial charge in [0.15, 0.2) is 0 Å². The number of primary amides is 1. The van der Waals surface area contributed by atoms with Gasteiger partial charge in [0.2, 0.25) is 11.8 Å². The first-order valence-corrected chi connectivity index (χ1v) is 8.61. The number of hydrogen-bond donors (Lipinski definition) is 2. The zero-order valence-electron chi connectivity index (χ0n) is 14.3. The molecule has 0 bridgehead atoms. The number of unbranched alkanes of at least 4 members (excludes halogenated alkanes) is 1. The predicted molar refractivity (Wildman–Crippen MR) is 92.4 cm³/mol. The molecule has 1 heterocycles. The van der Waals surface area contributed by atoms with Crippen LogP contribution in [0.3, 0.4) is 0 Å². The summed E-state index contributed by atoms with van der Waals surface area (Å²) in [6.07, 6.45) is 2.69. The molecule has 0 aliphatic carbocycles. The van der Waals surface area contributed by atoms with Crippen LogP contribution in [0.1, 0.15) is 37.7 Å². The van der Waals surface area contributed by atoms with Crippen LogP contribution in [0.2, 0.25) is 0 Å². The molecule has 1 aromatic carbocycles. The first-order valence-electron chi connectivity index (χ1n) is 8.61. The normalized spacial score (nSPS) is 15.0. The summed E-state index contributed by atoms with van der Waals surface area (Å²) in [6.45, 7) is 1.27. The fraction of sp³-hybridized carbons (Fsp3) is 0.500. The number of rotatable bonds is 9. The second-order valence-corrected chi connectivity index (χ2v) is 6.09. The monoisotopic (exact) mass is 347 g/mol. The molecule has 3 amide bonds. The molecule has 0 radical (unpaired) electrons. The SMILES string of the molecule is NC(=O)[C@H](CCCCNC(=O)OCc1ccccc1)N1CCCC1=O. The number of nitrogens with two attached hydrogens (primary N) is 1. The maximum absolute atomic E-state index is 11.7. The number of nitrogens with zero attached hydrogens (tertiary/aromatic N) is 1. The second-order valence-electron chi connectivity index (χ2n) is 6.09. The average Bonchev–Trinajstić information content (AvgIpc) is 3.02. The highest BCUT2D eigenvalue weighted by atomic mass is 16.5. The van der Waals surface area contributed by atoms with Gasteiger partial charge in [-0.1, -0.05) is 30.3 Å². The Hall–Kier alpha value is -2.57. The van der Waals surface area contributed by atoms with Crippen LogP contribution >= 0.6 is 0 Å². The fourth-order valence-electron chi connectivity index (χ4n) is 2.88. The van der Waals surface area contributed by atoms with Gasteiger partial charge in [-0.3, -0.25) is 9.59 Å². The highest BCUT2D eigenvalue weighted by Crippen LogP contribution is 2.17. The van der Waals surface area contributed by atoms with E-state index in [9.17, 15) is 14.4 Å². The molecule has 0 unspecified atom stereocenters. The smallest absolute Gasteiger partial charge is 0.407 e. The number of likely N-dealkylation sites (tertiary alicyclic amines) is 1. The van der Waals surface area contributed by atoms with Crippen molar-refractivity contribution in [3.63, 3.8) is 0 Å². The molecule has 1 aliphatic rings. The Morgan fingerprint density at radius 2 is 2.00 bits per heavy atom. The molecule has 25 heavy (non-hydrogen) atoms. The van der Waals surface area contributed by atoms with E-state index >= 15 is 0 Å². The summed E-state index contributed by atoms with van der Waals surface area (Å²) >= 11 is 0. The van der Waals surface area contributed by atoms with Gasteiger partial charge in [0.05, 0.1) is 0 Å². The summed E-state index contributed by atoms with van der Waals surface area (Å²) in [5, 5.41) is 2.68. The molecule has 0 saturated carbocycles. The highest BCUT2D eigenvalue weighted by molar-refractivity contribution is 5.87. The zero-order chi connectivity index (χ0) is 18.1. The molecule has 0 aromatic heterocycles. The average molecular weight is 347 g/mol. The van der Waals surface area contributed by atoms with Crippen LogP contribution in [0.4, 0.5) is 4.79 Å². The van der Waals surface area contributed by atoms with Gasteiger partial charge in [0, 0.05) is 19.5 Å². The van der Waals surface area contributed by atoms with E-state index in [1.165, 1.54) is 0 Å². The molecule has 7 heteroatoms. The lowest BCUT2D eigenvalue weighted by Crippen LogP contribution is -2.45. The molecular formula is C18H25N3O4. The predicted octanol–water partition coefficient (Wildman–Crippen LogP) is 1.56. The molecule has 1 fully saturated rings. The van der Waals surface area contributed by atoms with E-state index in [4.69, 9.17) is 10.5 Å². The lowest BCUT2D eigenvalue weighted by molar-refractivity contribution is -0.136. The summed E-state index contributed by atoms with van der Waals surface area (Å²) < 4.78 is 5.11. The summed E-state index contributed by atoms with van der Waals surface area (Å²) in [4.78, 5) is 36.5. The van der Waals surface area contributed by atoms with Crippen molar-refractivity contribution < 1.29 is 19.1 Å². The largest absolute Gasteiger partial charge is 0.445 e. The van der Waals surface area contributed by atoms with Crippen LogP contribution in [0.25, 0.3) is 0 Å². The highest BCUT2D eigenvalue weighted by Gasteiger charge is 2.30. The van der Waals surface area contributed by atoms with Crippen molar-refractivity contribution in [2.24, 2.45) is 5.73 Å². The minimum absolute atomic E-state index is 0.00795. The van der Waals surface area contributed by atoms with Crippen molar-refractivity contribution in [3.05, 3.63) is 35.9 Å². The summed E-state index contributed by atoms with van der Waals surface area (Å²) in [7, 11) is 0. The minimum atomic E-state index is -0.542. The Labute approximate surface area is 147 Å². The molecule has 2 rings (SSSR count). The van der Waals surface area contributed by atoms with Gasteiger partial charge in [0.25, 0.3) is 0 Å². The Morgan fingerprint density at radius 3 is 2.64 bits per heavy atom. The number of carbonyl (C=O) groups excluding carboxylic acids is 3. The van der Waals surface area contributed by atoms with Gasteiger partial charge in [-0.15, -0.1) is 0 Å². The fourth-order valence-corrected chi connectivity index (χ4v) is 2.88. The number of nitrogens with one attached hydrogen (secondary N) is 1.